The van der Waals surface area contributed by atoms with Gasteiger partial charge in [-0.05, 0) is 44.0 Å². The normalized spacial score (nSPS) is 18.6. The minimum atomic E-state index is -3.65. The Balaban J connectivity index is 1.78. The van der Waals surface area contributed by atoms with Gasteiger partial charge in [-0.1, -0.05) is 30.7 Å². The van der Waals surface area contributed by atoms with Crippen LogP contribution in [0, 0.1) is 19.7 Å². The van der Waals surface area contributed by atoms with Gasteiger partial charge in [0.15, 0.2) is 11.6 Å². The average molecular weight is 465 g/mol. The largest absolute Gasteiger partial charge is 0.483 e. The highest BCUT2D eigenvalue weighted by Gasteiger charge is 2.38. The van der Waals surface area contributed by atoms with Crippen LogP contribution in [0.15, 0.2) is 36.4 Å². The third-order valence-corrected chi connectivity index (χ3v) is 6.89. The monoisotopic (exact) mass is 464 g/mol. The minimum Gasteiger partial charge on any atom is -0.483 e. The number of likely N-dealkylation sites (tertiary alicyclic amines) is 1. The molecule has 1 fully saturated rings. The van der Waals surface area contributed by atoms with E-state index < -0.39 is 28.0 Å². The summed E-state index contributed by atoms with van der Waals surface area (Å²) in [7, 11) is -2.14. The number of nitrogens with one attached hydrogen (secondary N) is 1. The minimum absolute atomic E-state index is 0.102. The van der Waals surface area contributed by atoms with E-state index in [0.717, 1.165) is 11.1 Å². The van der Waals surface area contributed by atoms with Crippen molar-refractivity contribution in [2.24, 2.45) is 0 Å². The van der Waals surface area contributed by atoms with E-state index in [1.54, 1.807) is 11.8 Å². The lowest BCUT2D eigenvalue weighted by Crippen LogP contribution is -2.32. The first-order valence-corrected chi connectivity index (χ1v) is 12.2. The lowest BCUT2D eigenvalue weighted by atomic mass is 10.0. The zero-order valence-corrected chi connectivity index (χ0v) is 19.5. The molecular formula is C23H29FN2O5S. The molecule has 32 heavy (non-hydrogen) atoms. The maximum atomic E-state index is 15.0. The van der Waals surface area contributed by atoms with Crippen LogP contribution in [0.4, 0.5) is 10.1 Å². The number of anilines is 1. The van der Waals surface area contributed by atoms with Crippen LogP contribution in [0.25, 0.3) is 0 Å². The number of nitrogens with zero attached hydrogens (tertiary/aromatic N) is 1. The van der Waals surface area contributed by atoms with Gasteiger partial charge in [0.1, 0.15) is 12.2 Å². The summed E-state index contributed by atoms with van der Waals surface area (Å²) in [6, 6.07) is 9.98. The van der Waals surface area contributed by atoms with Crippen LogP contribution in [-0.2, 0) is 14.8 Å². The maximum Gasteiger partial charge on any atom is 0.254 e. The summed E-state index contributed by atoms with van der Waals surface area (Å²) in [5.41, 5.74) is 2.29. The van der Waals surface area contributed by atoms with Crippen LogP contribution in [0.3, 0.4) is 0 Å². The van der Waals surface area contributed by atoms with E-state index in [1.807, 2.05) is 32.0 Å². The van der Waals surface area contributed by atoms with Gasteiger partial charge in [0.25, 0.3) is 5.91 Å². The third kappa shape index (κ3) is 5.39. The van der Waals surface area contributed by atoms with Crippen molar-refractivity contribution in [3.05, 3.63) is 58.9 Å². The van der Waals surface area contributed by atoms with Crippen LogP contribution in [0.5, 0.6) is 5.75 Å². The number of rotatable bonds is 8. The zero-order valence-electron chi connectivity index (χ0n) is 18.7. The Morgan fingerprint density at radius 3 is 2.59 bits per heavy atom. The molecule has 9 heteroatoms. The van der Waals surface area contributed by atoms with Crippen molar-refractivity contribution in [1.82, 2.24) is 4.90 Å². The summed E-state index contributed by atoms with van der Waals surface area (Å²) < 4.78 is 52.6. The molecule has 1 aliphatic rings. The maximum absolute atomic E-state index is 15.0. The number of ether oxygens (including phenoxy) is 2. The Labute approximate surface area is 188 Å². The van der Waals surface area contributed by atoms with E-state index >= 15 is 0 Å². The highest BCUT2D eigenvalue weighted by atomic mass is 32.2. The topological polar surface area (TPSA) is 84.9 Å². The Hall–Kier alpha value is -2.65. The molecule has 3 rings (SSSR count). The second-order valence-electron chi connectivity index (χ2n) is 8.00. The molecule has 2 aromatic carbocycles. The highest BCUT2D eigenvalue weighted by Crippen LogP contribution is 2.29. The van der Waals surface area contributed by atoms with Crippen LogP contribution in [0.2, 0.25) is 0 Å². The highest BCUT2D eigenvalue weighted by molar-refractivity contribution is 7.92. The second-order valence-corrected chi connectivity index (χ2v) is 9.84. The van der Waals surface area contributed by atoms with Gasteiger partial charge in [0.2, 0.25) is 10.0 Å². The first kappa shape index (κ1) is 24.0. The van der Waals surface area contributed by atoms with Crippen molar-refractivity contribution >= 4 is 21.6 Å². The van der Waals surface area contributed by atoms with E-state index in [9.17, 15) is 17.6 Å². The van der Waals surface area contributed by atoms with Gasteiger partial charge in [-0.3, -0.25) is 9.52 Å². The smallest absolute Gasteiger partial charge is 0.254 e. The van der Waals surface area contributed by atoms with Gasteiger partial charge < -0.3 is 14.4 Å². The van der Waals surface area contributed by atoms with E-state index in [1.165, 1.54) is 25.3 Å². The van der Waals surface area contributed by atoms with Crippen molar-refractivity contribution < 1.29 is 27.1 Å². The van der Waals surface area contributed by atoms with Crippen molar-refractivity contribution in [2.45, 2.75) is 39.4 Å². The number of carbonyl (C=O) groups excluding carboxylic acids is 1. The van der Waals surface area contributed by atoms with Crippen LogP contribution in [0.1, 0.15) is 34.8 Å². The van der Waals surface area contributed by atoms with Crippen molar-refractivity contribution in [2.75, 3.05) is 30.7 Å². The summed E-state index contributed by atoms with van der Waals surface area (Å²) in [6.07, 6.45) is -0.648. The average Bonchev–Trinajstić information content (AvgIpc) is 3.15. The quantitative estimate of drug-likeness (QED) is 0.646. The number of benzene rings is 2. The van der Waals surface area contributed by atoms with Gasteiger partial charge in [-0.2, -0.15) is 0 Å². The Morgan fingerprint density at radius 2 is 1.91 bits per heavy atom. The van der Waals surface area contributed by atoms with Crippen molar-refractivity contribution in [3.63, 3.8) is 0 Å². The van der Waals surface area contributed by atoms with E-state index in [0.29, 0.717) is 18.5 Å². The molecule has 174 valence electrons. The van der Waals surface area contributed by atoms with E-state index in [4.69, 9.17) is 9.47 Å². The fourth-order valence-corrected chi connectivity index (χ4v) is 4.85. The summed E-state index contributed by atoms with van der Waals surface area (Å²) in [4.78, 5) is 14.7. The number of methoxy groups -OCH3 is 1. The first-order chi connectivity index (χ1) is 15.1. The molecule has 2 unspecified atom stereocenters. The molecule has 0 spiro atoms. The molecule has 1 aliphatic heterocycles. The first-order valence-electron chi connectivity index (χ1n) is 10.5. The fourth-order valence-electron chi connectivity index (χ4n) is 3.72. The molecule has 1 N–H and O–H groups in total. The summed E-state index contributed by atoms with van der Waals surface area (Å²) in [5, 5.41) is 0. The van der Waals surface area contributed by atoms with Gasteiger partial charge in [0.05, 0.1) is 24.5 Å². The SMILES string of the molecule is CCCS(=O)(=O)Nc1cccc(OC2CN(C(=O)c3cc(C)ccc3C)CC2OC)c1F. The molecule has 0 aromatic heterocycles. The van der Waals surface area contributed by atoms with Gasteiger partial charge in [-0.25, -0.2) is 12.8 Å². The Kier molecular flexibility index (Phi) is 7.40. The zero-order chi connectivity index (χ0) is 23.5. The lowest BCUT2D eigenvalue weighted by Gasteiger charge is -2.20. The van der Waals surface area contributed by atoms with Crippen molar-refractivity contribution in [3.8, 4) is 5.75 Å². The van der Waals surface area contributed by atoms with E-state index in [-0.39, 0.29) is 29.6 Å². The summed E-state index contributed by atoms with van der Waals surface area (Å²) in [6.45, 7) is 6.05. The van der Waals surface area contributed by atoms with Crippen molar-refractivity contribution in [1.29, 1.82) is 0 Å². The molecule has 2 aromatic rings. The van der Waals surface area contributed by atoms with Crippen LogP contribution < -0.4 is 9.46 Å². The lowest BCUT2D eigenvalue weighted by molar-refractivity contribution is 0.0323. The predicted octanol–water partition coefficient (Wildman–Crippen LogP) is 3.51. The molecule has 1 heterocycles. The number of amides is 1. The van der Waals surface area contributed by atoms with Gasteiger partial charge in [0, 0.05) is 12.7 Å². The number of carbonyl (C=O) groups is 1. The molecule has 1 amide bonds. The number of halogens is 1. The molecule has 0 aliphatic carbocycles. The number of aryl methyl sites for hydroxylation is 2. The Bertz CT molecular complexity index is 1090. The fraction of sp³-hybridized carbons (Fsp3) is 0.435. The molecule has 1 saturated heterocycles. The van der Waals surface area contributed by atoms with Crippen LogP contribution >= 0.6 is 0 Å². The molecule has 0 radical (unpaired) electrons. The molecule has 0 bridgehead atoms. The Morgan fingerprint density at radius 1 is 1.19 bits per heavy atom. The predicted molar refractivity (Wildman–Crippen MR) is 121 cm³/mol. The summed E-state index contributed by atoms with van der Waals surface area (Å²) >= 11 is 0. The van der Waals surface area contributed by atoms with Crippen LogP contribution in [-0.4, -0.2) is 57.4 Å². The molecular weight excluding hydrogens is 435 g/mol. The number of hydrogen-bond acceptors (Lipinski definition) is 5. The summed E-state index contributed by atoms with van der Waals surface area (Å²) in [5.74, 6) is -1.15. The van der Waals surface area contributed by atoms with Gasteiger partial charge in [-0.15, -0.1) is 0 Å². The molecule has 0 saturated carbocycles. The van der Waals surface area contributed by atoms with Gasteiger partial charge >= 0.3 is 0 Å². The second kappa shape index (κ2) is 9.87. The molecule has 7 nitrogen and oxygen atoms in total. The molecule has 2 atom stereocenters. The standard InChI is InChI=1S/C23H29FN2O5S/c1-5-11-32(28,29)25-18-7-6-8-19(22(18)24)31-21-14-26(13-20(21)30-4)23(27)17-12-15(2)9-10-16(17)3/h6-10,12,20-21,25H,5,11,13-14H2,1-4H3. The third-order valence-electron chi connectivity index (χ3n) is 5.41. The number of hydrogen-bond donors (Lipinski definition) is 1. The van der Waals surface area contributed by atoms with E-state index in [2.05, 4.69) is 4.72 Å². The number of sulfonamides is 1.